The van der Waals surface area contributed by atoms with E-state index in [-0.39, 0.29) is 0 Å². The third kappa shape index (κ3) is 3.36. The molecule has 116 valence electrons. The fourth-order valence-corrected chi connectivity index (χ4v) is 2.58. The molecule has 0 aliphatic heterocycles. The summed E-state index contributed by atoms with van der Waals surface area (Å²) in [5.41, 5.74) is 1.21. The molecule has 0 radical (unpaired) electrons. The fraction of sp³-hybridized carbons (Fsp3) is 0.294. The van der Waals surface area contributed by atoms with Crippen molar-refractivity contribution >= 4 is 5.82 Å². The van der Waals surface area contributed by atoms with Crippen LogP contribution in [-0.2, 0) is 13.0 Å². The second-order valence-corrected chi connectivity index (χ2v) is 5.76. The highest BCUT2D eigenvalue weighted by atomic mass is 15.3. The molecule has 1 aliphatic rings. The van der Waals surface area contributed by atoms with E-state index >= 15 is 0 Å². The lowest BCUT2D eigenvalue weighted by Crippen LogP contribution is -2.09. The van der Waals surface area contributed by atoms with Crippen molar-refractivity contribution < 1.29 is 0 Å². The molecule has 3 aromatic rings. The molecule has 1 saturated carbocycles. The zero-order valence-electron chi connectivity index (χ0n) is 12.8. The number of benzene rings is 1. The second kappa shape index (κ2) is 6.16. The number of nitrogens with one attached hydrogen (secondary N) is 1. The highest BCUT2D eigenvalue weighted by Gasteiger charge is 2.25. The minimum atomic E-state index is 0.584. The molecule has 0 saturated heterocycles. The number of anilines is 1. The van der Waals surface area contributed by atoms with E-state index in [0.29, 0.717) is 12.6 Å². The first-order valence-corrected chi connectivity index (χ1v) is 7.86. The summed E-state index contributed by atoms with van der Waals surface area (Å²) in [5, 5.41) is 11.5. The smallest absolute Gasteiger partial charge is 0.152 e. The van der Waals surface area contributed by atoms with E-state index in [0.717, 1.165) is 23.9 Å². The van der Waals surface area contributed by atoms with Crippen LogP contribution in [0.3, 0.4) is 0 Å². The van der Waals surface area contributed by atoms with Gasteiger partial charge in [-0.2, -0.15) is 0 Å². The normalized spacial score (nSPS) is 13.9. The number of hydrogen-bond donors (Lipinski definition) is 1. The molecule has 0 spiro atoms. The number of aromatic nitrogens is 5. The van der Waals surface area contributed by atoms with Crippen LogP contribution in [0.4, 0.5) is 5.82 Å². The predicted molar refractivity (Wildman–Crippen MR) is 86.9 cm³/mol. The highest BCUT2D eigenvalue weighted by molar-refractivity contribution is 5.34. The molecule has 2 heterocycles. The Morgan fingerprint density at radius 2 is 2.00 bits per heavy atom. The van der Waals surface area contributed by atoms with Gasteiger partial charge < -0.3 is 9.88 Å². The SMILES string of the molecule is c1ccc(Cc2nccc(NCc3nncn3C3CC3)n2)cc1. The zero-order valence-corrected chi connectivity index (χ0v) is 12.8. The summed E-state index contributed by atoms with van der Waals surface area (Å²) in [4.78, 5) is 8.93. The van der Waals surface area contributed by atoms with E-state index < -0.39 is 0 Å². The maximum absolute atomic E-state index is 4.58. The molecule has 6 heteroatoms. The van der Waals surface area contributed by atoms with Gasteiger partial charge in [0.25, 0.3) is 0 Å². The van der Waals surface area contributed by atoms with E-state index in [1.807, 2.05) is 30.6 Å². The quantitative estimate of drug-likeness (QED) is 0.758. The lowest BCUT2D eigenvalue weighted by molar-refractivity contribution is 0.689. The second-order valence-electron chi connectivity index (χ2n) is 5.76. The third-order valence-electron chi connectivity index (χ3n) is 3.93. The van der Waals surface area contributed by atoms with Crippen molar-refractivity contribution in [2.45, 2.75) is 31.8 Å². The largest absolute Gasteiger partial charge is 0.363 e. The van der Waals surface area contributed by atoms with Crippen molar-refractivity contribution in [2.75, 3.05) is 5.32 Å². The van der Waals surface area contributed by atoms with Crippen LogP contribution in [0.25, 0.3) is 0 Å². The molecule has 1 N–H and O–H groups in total. The van der Waals surface area contributed by atoms with Gasteiger partial charge in [-0.3, -0.25) is 0 Å². The molecule has 1 aliphatic carbocycles. The molecular weight excluding hydrogens is 288 g/mol. The summed E-state index contributed by atoms with van der Waals surface area (Å²) >= 11 is 0. The topological polar surface area (TPSA) is 68.5 Å². The van der Waals surface area contributed by atoms with E-state index in [4.69, 9.17) is 0 Å². The van der Waals surface area contributed by atoms with E-state index in [1.54, 1.807) is 6.20 Å². The predicted octanol–water partition coefficient (Wildman–Crippen LogP) is 2.61. The molecular formula is C17H18N6. The Hall–Kier alpha value is -2.76. The van der Waals surface area contributed by atoms with E-state index in [2.05, 4.69) is 42.2 Å². The number of hydrogen-bond acceptors (Lipinski definition) is 5. The van der Waals surface area contributed by atoms with Crippen molar-refractivity contribution in [1.29, 1.82) is 0 Å². The molecule has 1 fully saturated rings. The Morgan fingerprint density at radius 3 is 2.83 bits per heavy atom. The van der Waals surface area contributed by atoms with Crippen LogP contribution >= 0.6 is 0 Å². The van der Waals surface area contributed by atoms with E-state index in [1.165, 1.54) is 18.4 Å². The van der Waals surface area contributed by atoms with Crippen LogP contribution in [0.15, 0.2) is 48.9 Å². The molecule has 2 aromatic heterocycles. The van der Waals surface area contributed by atoms with Crippen LogP contribution in [0, 0.1) is 0 Å². The van der Waals surface area contributed by atoms with Crippen molar-refractivity contribution in [3.05, 3.63) is 66.1 Å². The molecule has 1 aromatic carbocycles. The van der Waals surface area contributed by atoms with Gasteiger partial charge in [-0.05, 0) is 24.5 Å². The van der Waals surface area contributed by atoms with Gasteiger partial charge in [-0.1, -0.05) is 30.3 Å². The highest BCUT2D eigenvalue weighted by Crippen LogP contribution is 2.35. The standard InChI is InChI=1S/C17H18N6/c1-2-4-13(5-3-1)10-16-18-9-8-15(21-16)19-11-17-22-20-12-23(17)14-6-7-14/h1-5,8-9,12,14H,6-7,10-11H2,(H,18,19,21). The monoisotopic (exact) mass is 306 g/mol. The van der Waals surface area contributed by atoms with Crippen molar-refractivity contribution in [3.63, 3.8) is 0 Å². The minimum absolute atomic E-state index is 0.584. The molecule has 4 rings (SSSR count). The van der Waals surface area contributed by atoms with Crippen LogP contribution in [0.1, 0.15) is 36.1 Å². The van der Waals surface area contributed by atoms with Gasteiger partial charge in [0.1, 0.15) is 18.0 Å². The maximum atomic E-state index is 4.58. The van der Waals surface area contributed by atoms with Crippen LogP contribution in [0.2, 0.25) is 0 Å². The Labute approximate surface area is 134 Å². The molecule has 0 unspecified atom stereocenters. The molecule has 0 atom stereocenters. The fourth-order valence-electron chi connectivity index (χ4n) is 2.58. The molecule has 23 heavy (non-hydrogen) atoms. The third-order valence-corrected chi connectivity index (χ3v) is 3.93. The van der Waals surface area contributed by atoms with Gasteiger partial charge >= 0.3 is 0 Å². The lowest BCUT2D eigenvalue weighted by Gasteiger charge is -2.08. The summed E-state index contributed by atoms with van der Waals surface area (Å²) in [6.07, 6.45) is 6.78. The first-order chi connectivity index (χ1) is 11.4. The zero-order chi connectivity index (χ0) is 15.5. The maximum Gasteiger partial charge on any atom is 0.152 e. The minimum Gasteiger partial charge on any atom is -0.363 e. The summed E-state index contributed by atoms with van der Waals surface area (Å²) in [6, 6.07) is 12.7. The van der Waals surface area contributed by atoms with Crippen LogP contribution in [0.5, 0.6) is 0 Å². The average molecular weight is 306 g/mol. The summed E-state index contributed by atoms with van der Waals surface area (Å²) < 4.78 is 2.15. The van der Waals surface area contributed by atoms with Crippen LogP contribution < -0.4 is 5.32 Å². The van der Waals surface area contributed by atoms with Crippen molar-refractivity contribution in [3.8, 4) is 0 Å². The van der Waals surface area contributed by atoms with Gasteiger partial charge in [-0.25, -0.2) is 9.97 Å². The molecule has 6 nitrogen and oxygen atoms in total. The first-order valence-electron chi connectivity index (χ1n) is 7.86. The van der Waals surface area contributed by atoms with Gasteiger partial charge in [0.2, 0.25) is 0 Å². The van der Waals surface area contributed by atoms with Gasteiger partial charge in [0.15, 0.2) is 5.82 Å². The first kappa shape index (κ1) is 13.9. The summed E-state index contributed by atoms with van der Waals surface area (Å²) in [7, 11) is 0. The molecule has 0 amide bonds. The van der Waals surface area contributed by atoms with E-state index in [9.17, 15) is 0 Å². The van der Waals surface area contributed by atoms with Gasteiger partial charge in [-0.15, -0.1) is 10.2 Å². The number of rotatable bonds is 6. The van der Waals surface area contributed by atoms with Gasteiger partial charge in [0.05, 0.1) is 6.54 Å². The molecule has 0 bridgehead atoms. The Morgan fingerprint density at radius 1 is 1.13 bits per heavy atom. The Bertz CT molecular complexity index is 779. The Balaban J connectivity index is 1.43. The van der Waals surface area contributed by atoms with Crippen LogP contribution in [-0.4, -0.2) is 24.7 Å². The van der Waals surface area contributed by atoms with Crippen molar-refractivity contribution in [2.24, 2.45) is 0 Å². The summed E-state index contributed by atoms with van der Waals surface area (Å²) in [5.74, 6) is 2.58. The average Bonchev–Trinajstić information content (AvgIpc) is 3.32. The van der Waals surface area contributed by atoms with Gasteiger partial charge in [0, 0.05) is 18.7 Å². The Kier molecular flexibility index (Phi) is 3.71. The lowest BCUT2D eigenvalue weighted by atomic mass is 10.1. The van der Waals surface area contributed by atoms with Crippen molar-refractivity contribution in [1.82, 2.24) is 24.7 Å². The number of nitrogens with zero attached hydrogens (tertiary/aromatic N) is 5. The summed E-state index contributed by atoms with van der Waals surface area (Å²) in [6.45, 7) is 0.623.